The van der Waals surface area contributed by atoms with E-state index in [4.69, 9.17) is 0 Å². The molecule has 1 aliphatic rings. The van der Waals surface area contributed by atoms with Gasteiger partial charge in [0.05, 0.1) is 0 Å². The molecule has 0 aliphatic heterocycles. The Hall–Kier alpha value is -0.590. The van der Waals surface area contributed by atoms with Gasteiger partial charge in [-0.25, -0.2) is 0 Å². The molecule has 1 nitrogen and oxygen atoms in total. The van der Waals surface area contributed by atoms with Crippen LogP contribution >= 0.6 is 0 Å². The van der Waals surface area contributed by atoms with E-state index in [1.165, 1.54) is 31.3 Å². The summed E-state index contributed by atoms with van der Waals surface area (Å²) in [4.78, 5) is 10.8. The molecule has 13 heavy (non-hydrogen) atoms. The molecule has 0 radical (unpaired) electrons. The molecule has 0 atom stereocenters. The molecule has 0 amide bonds. The van der Waals surface area contributed by atoms with Gasteiger partial charge >= 0.3 is 0 Å². The summed E-state index contributed by atoms with van der Waals surface area (Å²) >= 11 is 0. The summed E-state index contributed by atoms with van der Waals surface area (Å²) in [5, 5.41) is 0. The predicted molar refractivity (Wildman–Crippen MR) is 55.6 cm³/mol. The molecule has 0 aromatic rings. The van der Waals surface area contributed by atoms with Crippen molar-refractivity contribution in [2.45, 2.75) is 52.4 Å². The van der Waals surface area contributed by atoms with Crippen LogP contribution < -0.4 is 0 Å². The molecule has 1 fully saturated rings. The average molecular weight is 180 g/mol. The van der Waals surface area contributed by atoms with Crippen molar-refractivity contribution in [3.63, 3.8) is 0 Å². The van der Waals surface area contributed by atoms with Crippen LogP contribution in [0.4, 0.5) is 0 Å². The van der Waals surface area contributed by atoms with Crippen LogP contribution in [0.2, 0.25) is 0 Å². The molecule has 0 aromatic heterocycles. The summed E-state index contributed by atoms with van der Waals surface area (Å²) in [5.41, 5.74) is 1.37. The molecule has 1 rings (SSSR count). The Balaban J connectivity index is 2.34. The normalized spacial score (nSPS) is 22.9. The maximum Gasteiger partial charge on any atom is 0.152 e. The summed E-state index contributed by atoms with van der Waals surface area (Å²) in [5.74, 6) is 1.14. The molecule has 0 heterocycles. The highest BCUT2D eigenvalue weighted by molar-refractivity contribution is 5.87. The van der Waals surface area contributed by atoms with E-state index in [9.17, 15) is 4.79 Å². The van der Waals surface area contributed by atoms with Crippen molar-refractivity contribution in [2.75, 3.05) is 0 Å². The van der Waals surface area contributed by atoms with Crippen LogP contribution in [-0.2, 0) is 4.79 Å². The van der Waals surface area contributed by atoms with Gasteiger partial charge in [0.25, 0.3) is 0 Å². The zero-order valence-corrected chi connectivity index (χ0v) is 8.81. The summed E-state index contributed by atoms with van der Waals surface area (Å²) in [7, 11) is 0. The lowest BCUT2D eigenvalue weighted by molar-refractivity contribution is -0.112. The Bertz CT molecular complexity index is 193. The van der Waals surface area contributed by atoms with Crippen molar-refractivity contribution in [3.05, 3.63) is 11.6 Å². The van der Waals surface area contributed by atoms with Gasteiger partial charge in [-0.3, -0.25) is 4.79 Å². The third-order valence-electron chi connectivity index (χ3n) is 2.85. The Morgan fingerprint density at radius 3 is 2.54 bits per heavy atom. The SMILES string of the molecule is CCCC1CCC(=CC(C)=O)CC1. The highest BCUT2D eigenvalue weighted by atomic mass is 16.1. The first-order valence-corrected chi connectivity index (χ1v) is 5.42. The van der Waals surface area contributed by atoms with Gasteiger partial charge in [-0.15, -0.1) is 0 Å². The van der Waals surface area contributed by atoms with Crippen LogP contribution in [0, 0.1) is 5.92 Å². The second-order valence-electron chi connectivity index (χ2n) is 4.15. The van der Waals surface area contributed by atoms with E-state index in [1.807, 2.05) is 6.08 Å². The number of rotatable bonds is 3. The minimum absolute atomic E-state index is 0.212. The zero-order chi connectivity index (χ0) is 9.68. The third kappa shape index (κ3) is 3.75. The molecule has 0 aromatic carbocycles. The first-order chi connectivity index (χ1) is 6.22. The highest BCUT2D eigenvalue weighted by Crippen LogP contribution is 2.30. The maximum absolute atomic E-state index is 10.8. The van der Waals surface area contributed by atoms with Crippen molar-refractivity contribution >= 4 is 5.78 Å². The number of hydrogen-bond acceptors (Lipinski definition) is 1. The van der Waals surface area contributed by atoms with Gasteiger partial charge in [-0.05, 0) is 44.6 Å². The van der Waals surface area contributed by atoms with Gasteiger partial charge in [0, 0.05) is 0 Å². The Kier molecular flexibility index (Phi) is 4.20. The fourth-order valence-electron chi connectivity index (χ4n) is 2.18. The number of carbonyl (C=O) groups is 1. The predicted octanol–water partition coefficient (Wildman–Crippen LogP) is 3.49. The van der Waals surface area contributed by atoms with E-state index in [1.54, 1.807) is 6.92 Å². The summed E-state index contributed by atoms with van der Waals surface area (Å²) < 4.78 is 0. The largest absolute Gasteiger partial charge is 0.295 e. The monoisotopic (exact) mass is 180 g/mol. The number of allylic oxidation sites excluding steroid dienone is 2. The Labute approximate surface area is 81.2 Å². The quantitative estimate of drug-likeness (QED) is 0.607. The summed E-state index contributed by atoms with van der Waals surface area (Å²) in [6.45, 7) is 3.89. The minimum atomic E-state index is 0.212. The second-order valence-corrected chi connectivity index (χ2v) is 4.15. The van der Waals surface area contributed by atoms with Crippen molar-refractivity contribution < 1.29 is 4.79 Å². The molecule has 74 valence electrons. The molecular weight excluding hydrogens is 160 g/mol. The van der Waals surface area contributed by atoms with Gasteiger partial charge < -0.3 is 0 Å². The lowest BCUT2D eigenvalue weighted by atomic mass is 9.83. The smallest absolute Gasteiger partial charge is 0.152 e. The molecule has 0 bridgehead atoms. The standard InChI is InChI=1S/C12H20O/c1-3-4-11-5-7-12(8-6-11)9-10(2)13/h9,11H,3-8H2,1-2H3. The van der Waals surface area contributed by atoms with Crippen LogP contribution in [0.15, 0.2) is 11.6 Å². The fraction of sp³-hybridized carbons (Fsp3) is 0.750. The van der Waals surface area contributed by atoms with Crippen LogP contribution in [0.1, 0.15) is 52.4 Å². The van der Waals surface area contributed by atoms with Gasteiger partial charge in [0.1, 0.15) is 0 Å². The van der Waals surface area contributed by atoms with E-state index >= 15 is 0 Å². The van der Waals surface area contributed by atoms with Crippen LogP contribution in [0.5, 0.6) is 0 Å². The van der Waals surface area contributed by atoms with Crippen LogP contribution in [-0.4, -0.2) is 5.78 Å². The molecule has 0 spiro atoms. The molecule has 1 aliphatic carbocycles. The van der Waals surface area contributed by atoms with Crippen LogP contribution in [0.3, 0.4) is 0 Å². The number of carbonyl (C=O) groups excluding carboxylic acids is 1. The third-order valence-corrected chi connectivity index (χ3v) is 2.85. The average Bonchev–Trinajstić information content (AvgIpc) is 2.08. The van der Waals surface area contributed by atoms with E-state index in [0.29, 0.717) is 0 Å². The molecule has 1 saturated carbocycles. The Morgan fingerprint density at radius 1 is 1.46 bits per heavy atom. The molecular formula is C12H20O. The van der Waals surface area contributed by atoms with Gasteiger partial charge in [-0.2, -0.15) is 0 Å². The highest BCUT2D eigenvalue weighted by Gasteiger charge is 2.15. The van der Waals surface area contributed by atoms with E-state index in [-0.39, 0.29) is 5.78 Å². The molecule has 0 unspecified atom stereocenters. The van der Waals surface area contributed by atoms with Crippen LogP contribution in [0.25, 0.3) is 0 Å². The van der Waals surface area contributed by atoms with Gasteiger partial charge in [0.15, 0.2) is 5.78 Å². The van der Waals surface area contributed by atoms with Crippen molar-refractivity contribution in [3.8, 4) is 0 Å². The molecule has 1 heteroatoms. The zero-order valence-electron chi connectivity index (χ0n) is 8.81. The fourth-order valence-corrected chi connectivity index (χ4v) is 2.18. The number of ketones is 1. The first-order valence-electron chi connectivity index (χ1n) is 5.42. The van der Waals surface area contributed by atoms with E-state index < -0.39 is 0 Å². The van der Waals surface area contributed by atoms with Crippen molar-refractivity contribution in [1.29, 1.82) is 0 Å². The summed E-state index contributed by atoms with van der Waals surface area (Å²) in [6.07, 6.45) is 9.42. The Morgan fingerprint density at radius 2 is 2.08 bits per heavy atom. The van der Waals surface area contributed by atoms with E-state index in [2.05, 4.69) is 6.92 Å². The van der Waals surface area contributed by atoms with E-state index in [0.717, 1.165) is 18.8 Å². The second kappa shape index (κ2) is 5.21. The van der Waals surface area contributed by atoms with Crippen molar-refractivity contribution in [2.24, 2.45) is 5.92 Å². The molecule has 0 saturated heterocycles. The first kappa shape index (κ1) is 10.5. The van der Waals surface area contributed by atoms with Gasteiger partial charge in [-0.1, -0.05) is 25.3 Å². The number of hydrogen-bond donors (Lipinski definition) is 0. The maximum atomic E-state index is 10.8. The lowest BCUT2D eigenvalue weighted by Gasteiger charge is -2.23. The van der Waals surface area contributed by atoms with Crippen molar-refractivity contribution in [1.82, 2.24) is 0 Å². The minimum Gasteiger partial charge on any atom is -0.295 e. The lowest BCUT2D eigenvalue weighted by Crippen LogP contribution is -2.08. The topological polar surface area (TPSA) is 17.1 Å². The molecule has 0 N–H and O–H groups in total. The summed E-state index contributed by atoms with van der Waals surface area (Å²) in [6, 6.07) is 0. The van der Waals surface area contributed by atoms with Gasteiger partial charge in [0.2, 0.25) is 0 Å².